The summed E-state index contributed by atoms with van der Waals surface area (Å²) < 4.78 is 68.5. The third-order valence-corrected chi connectivity index (χ3v) is 6.60. The number of hydrogen-bond acceptors (Lipinski definition) is 4. The van der Waals surface area contributed by atoms with Crippen LogP contribution in [0.15, 0.2) is 23.2 Å². The lowest BCUT2D eigenvalue weighted by molar-refractivity contribution is -0.121. The maximum atomic E-state index is 13.4. The molecule has 0 spiro atoms. The Morgan fingerprint density at radius 1 is 1.31 bits per heavy atom. The lowest BCUT2D eigenvalue weighted by atomic mass is 9.76. The monoisotopic (exact) mass is 450 g/mol. The molecule has 0 bridgehead atoms. The Labute approximate surface area is 170 Å². The van der Waals surface area contributed by atoms with E-state index >= 15 is 0 Å². The Morgan fingerprint density at radius 2 is 1.93 bits per heavy atom. The lowest BCUT2D eigenvalue weighted by Crippen LogP contribution is -2.60. The summed E-state index contributed by atoms with van der Waals surface area (Å²) in [5.74, 6) is -4.50. The van der Waals surface area contributed by atoms with E-state index in [4.69, 9.17) is 11.6 Å². The van der Waals surface area contributed by atoms with E-state index in [-0.39, 0.29) is 16.4 Å². The van der Waals surface area contributed by atoms with Gasteiger partial charge in [-0.3, -0.25) is 4.79 Å². The lowest BCUT2D eigenvalue weighted by Gasteiger charge is -2.44. The first-order valence-corrected chi connectivity index (χ1v) is 10.3. The minimum Gasteiger partial charge on any atom is -0.344 e. The van der Waals surface area contributed by atoms with E-state index in [0.717, 1.165) is 12.3 Å². The van der Waals surface area contributed by atoms with Gasteiger partial charge < -0.3 is 9.88 Å². The number of carbonyl (C=O) groups excluding carboxylic acids is 1. The molecule has 7 nitrogen and oxygen atoms in total. The average molecular weight is 451 g/mol. The van der Waals surface area contributed by atoms with Crippen LogP contribution in [0.3, 0.4) is 0 Å². The van der Waals surface area contributed by atoms with Crippen molar-refractivity contribution in [2.45, 2.75) is 43.0 Å². The molecule has 0 radical (unpaired) electrons. The number of amides is 1. The highest BCUT2D eigenvalue weighted by atomic mass is 35.5. The first-order chi connectivity index (χ1) is 13.2. The molecule has 1 amide bonds. The van der Waals surface area contributed by atoms with E-state index in [1.165, 1.54) is 31.5 Å². The SMILES string of the molecule is Cc1cc(NC(=O)c2c(Cl)c(S(=O)(=O)NC3(C)CC(F)(F)C3)cn2C)cc(F)n1. The molecule has 1 saturated carbocycles. The van der Waals surface area contributed by atoms with Crippen LogP contribution in [-0.2, 0) is 17.1 Å². The van der Waals surface area contributed by atoms with E-state index in [0.29, 0.717) is 5.69 Å². The van der Waals surface area contributed by atoms with Gasteiger partial charge in [-0.15, -0.1) is 0 Å². The highest BCUT2D eigenvalue weighted by molar-refractivity contribution is 7.89. The maximum Gasteiger partial charge on any atom is 0.273 e. The van der Waals surface area contributed by atoms with Crippen molar-refractivity contribution in [1.29, 1.82) is 0 Å². The van der Waals surface area contributed by atoms with E-state index < -0.39 is 51.1 Å². The van der Waals surface area contributed by atoms with Crippen molar-refractivity contribution < 1.29 is 26.4 Å². The van der Waals surface area contributed by atoms with Crippen LogP contribution in [-0.4, -0.2) is 35.3 Å². The molecular formula is C17H18ClF3N4O3S. The van der Waals surface area contributed by atoms with Crippen molar-refractivity contribution in [3.05, 3.63) is 40.7 Å². The Bertz CT molecular complexity index is 1070. The molecule has 0 aliphatic heterocycles. The van der Waals surface area contributed by atoms with Crippen LogP contribution in [0.4, 0.5) is 18.9 Å². The first-order valence-electron chi connectivity index (χ1n) is 8.44. The van der Waals surface area contributed by atoms with E-state index in [1.54, 1.807) is 0 Å². The fourth-order valence-corrected chi connectivity index (χ4v) is 5.55. The van der Waals surface area contributed by atoms with Gasteiger partial charge in [-0.2, -0.15) is 4.39 Å². The quantitative estimate of drug-likeness (QED) is 0.684. The van der Waals surface area contributed by atoms with E-state index in [1.807, 2.05) is 0 Å². The van der Waals surface area contributed by atoms with E-state index in [2.05, 4.69) is 15.0 Å². The molecule has 2 aromatic rings. The number of anilines is 1. The van der Waals surface area contributed by atoms with Crippen LogP contribution in [0, 0.1) is 12.9 Å². The molecule has 3 rings (SSSR count). The van der Waals surface area contributed by atoms with Crippen LogP contribution in [0.25, 0.3) is 0 Å². The third-order valence-electron chi connectivity index (χ3n) is 4.45. The largest absolute Gasteiger partial charge is 0.344 e. The molecule has 0 aromatic carbocycles. The second-order valence-electron chi connectivity index (χ2n) is 7.42. The minimum absolute atomic E-state index is 0.115. The fraction of sp³-hybridized carbons (Fsp3) is 0.412. The smallest absolute Gasteiger partial charge is 0.273 e. The van der Waals surface area contributed by atoms with Gasteiger partial charge in [0.05, 0.1) is 5.02 Å². The number of aryl methyl sites for hydroxylation is 2. The minimum atomic E-state index is -4.27. The van der Waals surface area contributed by atoms with Crippen LogP contribution < -0.4 is 10.0 Å². The second-order valence-corrected chi connectivity index (χ2v) is 9.45. The van der Waals surface area contributed by atoms with Crippen LogP contribution in [0.2, 0.25) is 5.02 Å². The first kappa shape index (κ1) is 21.6. The molecule has 2 heterocycles. The van der Waals surface area contributed by atoms with Gasteiger partial charge in [0.25, 0.3) is 11.8 Å². The van der Waals surface area contributed by atoms with Crippen molar-refractivity contribution in [2.75, 3.05) is 5.32 Å². The van der Waals surface area contributed by atoms with Gasteiger partial charge in [0, 0.05) is 49.1 Å². The Kier molecular flexibility index (Phi) is 5.21. The number of hydrogen-bond donors (Lipinski definition) is 2. The van der Waals surface area contributed by atoms with Crippen LogP contribution >= 0.6 is 11.6 Å². The molecule has 29 heavy (non-hydrogen) atoms. The fourth-order valence-electron chi connectivity index (χ4n) is 3.45. The number of nitrogens with one attached hydrogen (secondary N) is 2. The van der Waals surface area contributed by atoms with Crippen LogP contribution in [0.1, 0.15) is 35.9 Å². The van der Waals surface area contributed by atoms with Gasteiger partial charge in [-0.05, 0) is 19.9 Å². The number of rotatable bonds is 5. The molecule has 158 valence electrons. The van der Waals surface area contributed by atoms with E-state index in [9.17, 15) is 26.4 Å². The summed E-state index contributed by atoms with van der Waals surface area (Å²) in [7, 11) is -2.87. The van der Waals surface area contributed by atoms with Gasteiger partial charge in [-0.25, -0.2) is 26.9 Å². The van der Waals surface area contributed by atoms with Gasteiger partial charge in [0.1, 0.15) is 10.6 Å². The molecule has 1 fully saturated rings. The highest BCUT2D eigenvalue weighted by Gasteiger charge is 2.55. The number of alkyl halides is 2. The summed E-state index contributed by atoms with van der Waals surface area (Å²) in [6.07, 6.45) is -0.161. The van der Waals surface area contributed by atoms with Gasteiger partial charge in [0.2, 0.25) is 16.0 Å². The molecule has 2 aromatic heterocycles. The number of sulfonamides is 1. The van der Waals surface area contributed by atoms with Gasteiger partial charge in [0.15, 0.2) is 0 Å². The number of pyridine rings is 1. The number of nitrogens with zero attached hydrogens (tertiary/aromatic N) is 2. The summed E-state index contributed by atoms with van der Waals surface area (Å²) in [4.78, 5) is 15.7. The van der Waals surface area contributed by atoms with Crippen LogP contribution in [0.5, 0.6) is 0 Å². The van der Waals surface area contributed by atoms with Crippen molar-refractivity contribution in [1.82, 2.24) is 14.3 Å². The number of halogens is 4. The topological polar surface area (TPSA) is 93.1 Å². The summed E-state index contributed by atoms with van der Waals surface area (Å²) in [5.41, 5.74) is -1.05. The molecule has 12 heteroatoms. The normalized spacial score (nSPS) is 17.6. The van der Waals surface area contributed by atoms with Crippen molar-refractivity contribution in [3.8, 4) is 0 Å². The van der Waals surface area contributed by atoms with Gasteiger partial charge in [-0.1, -0.05) is 11.6 Å². The highest BCUT2D eigenvalue weighted by Crippen LogP contribution is 2.46. The predicted molar refractivity (Wildman–Crippen MR) is 100 cm³/mol. The standard InChI is InChI=1S/C17H18ClF3N4O3S/c1-9-4-10(5-12(19)22-9)23-15(26)14-13(18)11(6-25(14)3)29(27,28)24-16(2)7-17(20,21)8-16/h4-6,24H,7-8H2,1-3H3,(H,22,23,26). The van der Waals surface area contributed by atoms with Crippen molar-refractivity contribution in [2.24, 2.45) is 7.05 Å². The summed E-state index contributed by atoms with van der Waals surface area (Å²) in [5, 5.41) is 2.05. The molecule has 0 unspecified atom stereocenters. The molecular weight excluding hydrogens is 433 g/mol. The van der Waals surface area contributed by atoms with Crippen molar-refractivity contribution >= 4 is 33.2 Å². The molecule has 2 N–H and O–H groups in total. The van der Waals surface area contributed by atoms with Gasteiger partial charge >= 0.3 is 0 Å². The summed E-state index contributed by atoms with van der Waals surface area (Å²) in [6, 6.07) is 2.42. The molecule has 0 atom stereocenters. The Morgan fingerprint density at radius 3 is 2.48 bits per heavy atom. The zero-order chi connectivity index (χ0) is 21.8. The summed E-state index contributed by atoms with van der Waals surface area (Å²) >= 11 is 6.15. The number of carbonyl (C=O) groups is 1. The Hall–Kier alpha value is -2.11. The zero-order valence-corrected chi connectivity index (χ0v) is 17.3. The Balaban J connectivity index is 1.87. The molecule has 0 saturated heterocycles. The zero-order valence-electron chi connectivity index (χ0n) is 15.7. The third kappa shape index (κ3) is 4.41. The predicted octanol–water partition coefficient (Wildman–Crippen LogP) is 3.24. The average Bonchev–Trinajstić information content (AvgIpc) is 2.78. The molecule has 1 aliphatic carbocycles. The summed E-state index contributed by atoms with van der Waals surface area (Å²) in [6.45, 7) is 2.90. The maximum absolute atomic E-state index is 13.4. The van der Waals surface area contributed by atoms with Crippen molar-refractivity contribution in [3.63, 3.8) is 0 Å². The number of aromatic nitrogens is 2. The second kappa shape index (κ2) is 6.99. The molecule has 1 aliphatic rings.